The van der Waals surface area contributed by atoms with Crippen LogP contribution in [-0.4, -0.2) is 37.4 Å². The number of para-hydroxylation sites is 1. The van der Waals surface area contributed by atoms with Gasteiger partial charge in [0, 0.05) is 17.9 Å². The van der Waals surface area contributed by atoms with Gasteiger partial charge in [0.15, 0.2) is 0 Å². The van der Waals surface area contributed by atoms with Crippen molar-refractivity contribution < 1.29 is 23.8 Å². The van der Waals surface area contributed by atoms with Gasteiger partial charge in [0.2, 0.25) is 0 Å². The van der Waals surface area contributed by atoms with E-state index in [9.17, 15) is 9.59 Å². The molecule has 146 valence electrons. The molecule has 2 amide bonds. The second kappa shape index (κ2) is 8.43. The molecule has 2 aliphatic heterocycles. The molecule has 0 bridgehead atoms. The Balaban J connectivity index is 1.86. The molecule has 0 spiro atoms. The maximum absolute atomic E-state index is 12.8. The molecule has 0 unspecified atom stereocenters. The van der Waals surface area contributed by atoms with Gasteiger partial charge in [-0.25, -0.2) is 9.59 Å². The van der Waals surface area contributed by atoms with Crippen LogP contribution in [0.2, 0.25) is 0 Å². The van der Waals surface area contributed by atoms with Gasteiger partial charge in [-0.3, -0.25) is 0 Å². The van der Waals surface area contributed by atoms with E-state index in [2.05, 4.69) is 10.6 Å². The first-order valence-corrected chi connectivity index (χ1v) is 9.28. The molecule has 1 saturated heterocycles. The number of rotatable bonds is 6. The number of carbonyl (C=O) groups is 2. The third-order valence-corrected chi connectivity index (χ3v) is 4.51. The predicted molar refractivity (Wildman–Crippen MR) is 99.2 cm³/mol. The number of allylic oxidation sites excluding steroid dienone is 1. The van der Waals surface area contributed by atoms with Gasteiger partial charge in [0.25, 0.3) is 0 Å². The van der Waals surface area contributed by atoms with Gasteiger partial charge in [-0.15, -0.1) is 0 Å². The minimum atomic E-state index is -0.648. The molecule has 0 aromatic heterocycles. The van der Waals surface area contributed by atoms with Gasteiger partial charge < -0.3 is 24.8 Å². The smallest absolute Gasteiger partial charge is 0.338 e. The molecule has 1 aromatic rings. The fraction of sp³-hybridized carbons (Fsp3) is 0.500. The molecular weight excluding hydrogens is 348 g/mol. The number of benzene rings is 1. The zero-order valence-corrected chi connectivity index (χ0v) is 15.9. The Morgan fingerprint density at radius 1 is 1.33 bits per heavy atom. The molecule has 0 aliphatic carbocycles. The van der Waals surface area contributed by atoms with Gasteiger partial charge in [-0.1, -0.05) is 18.2 Å². The number of urea groups is 1. The Hall–Kier alpha value is -2.54. The lowest BCUT2D eigenvalue weighted by atomic mass is 9.95. The van der Waals surface area contributed by atoms with Crippen molar-refractivity contribution in [1.29, 1.82) is 0 Å². The Bertz CT molecular complexity index is 738. The first-order valence-electron chi connectivity index (χ1n) is 9.28. The third kappa shape index (κ3) is 4.60. The van der Waals surface area contributed by atoms with Crippen molar-refractivity contribution in [3.05, 3.63) is 41.1 Å². The van der Waals surface area contributed by atoms with Crippen LogP contribution in [0.4, 0.5) is 4.79 Å². The minimum Gasteiger partial charge on any atom is -0.491 e. The van der Waals surface area contributed by atoms with Crippen LogP contribution in [0, 0.1) is 0 Å². The van der Waals surface area contributed by atoms with Gasteiger partial charge in [-0.05, 0) is 39.7 Å². The molecule has 1 aromatic carbocycles. The van der Waals surface area contributed by atoms with Gasteiger partial charge in [0.1, 0.15) is 12.4 Å². The van der Waals surface area contributed by atoms with E-state index >= 15 is 0 Å². The fourth-order valence-corrected chi connectivity index (χ4v) is 3.30. The average Bonchev–Trinajstić information content (AvgIpc) is 3.12. The molecule has 27 heavy (non-hydrogen) atoms. The van der Waals surface area contributed by atoms with Crippen molar-refractivity contribution in [2.75, 3.05) is 13.2 Å². The van der Waals surface area contributed by atoms with Crippen LogP contribution in [0.25, 0.3) is 0 Å². The molecule has 2 N–H and O–H groups in total. The number of amides is 2. The minimum absolute atomic E-state index is 0.0384. The highest BCUT2D eigenvalue weighted by atomic mass is 16.6. The maximum Gasteiger partial charge on any atom is 0.338 e. The standard InChI is InChI=1S/C20H26N2O5/c1-12(2)27-16-9-5-4-8-15(16)18-17(13(3)21-20(24)22-18)19(23)26-11-14-7-6-10-25-14/h4-5,8-9,12,14,18H,6-7,10-11H2,1-3H3,(H2,21,22,24)/t14-,18+/m0/s1. The van der Waals surface area contributed by atoms with Crippen LogP contribution in [0.5, 0.6) is 5.75 Å². The molecule has 0 radical (unpaired) electrons. The first kappa shape index (κ1) is 19.2. The van der Waals surface area contributed by atoms with E-state index in [1.54, 1.807) is 6.92 Å². The lowest BCUT2D eigenvalue weighted by molar-refractivity contribution is -0.142. The summed E-state index contributed by atoms with van der Waals surface area (Å²) in [6.07, 6.45) is 1.76. The van der Waals surface area contributed by atoms with E-state index in [0.717, 1.165) is 12.8 Å². The number of carbonyl (C=O) groups excluding carboxylic acids is 2. The zero-order chi connectivity index (χ0) is 19.4. The molecule has 1 fully saturated rings. The Kier molecular flexibility index (Phi) is 6.01. The highest BCUT2D eigenvalue weighted by Crippen LogP contribution is 2.34. The second-order valence-corrected chi connectivity index (χ2v) is 7.01. The molecular formula is C20H26N2O5. The van der Waals surface area contributed by atoms with Crippen LogP contribution in [0.15, 0.2) is 35.5 Å². The van der Waals surface area contributed by atoms with Crippen molar-refractivity contribution in [2.45, 2.75) is 51.9 Å². The van der Waals surface area contributed by atoms with Crippen molar-refractivity contribution in [3.8, 4) is 5.75 Å². The molecule has 2 atom stereocenters. The van der Waals surface area contributed by atoms with Crippen molar-refractivity contribution >= 4 is 12.0 Å². The SMILES string of the molecule is CC1=C(C(=O)OC[C@@H]2CCCO2)[C@@H](c2ccccc2OC(C)C)NC(=O)N1. The highest BCUT2D eigenvalue weighted by molar-refractivity contribution is 5.95. The van der Waals surface area contributed by atoms with Gasteiger partial charge in [0.05, 0.1) is 23.8 Å². The van der Waals surface area contributed by atoms with E-state index in [0.29, 0.717) is 29.2 Å². The predicted octanol–water partition coefficient (Wildman–Crippen LogP) is 2.82. The van der Waals surface area contributed by atoms with E-state index < -0.39 is 12.0 Å². The third-order valence-electron chi connectivity index (χ3n) is 4.51. The average molecular weight is 374 g/mol. The lowest BCUT2D eigenvalue weighted by Gasteiger charge is -2.29. The van der Waals surface area contributed by atoms with Gasteiger partial charge in [-0.2, -0.15) is 0 Å². The summed E-state index contributed by atoms with van der Waals surface area (Å²) in [5.41, 5.74) is 1.55. The summed E-state index contributed by atoms with van der Waals surface area (Å²) >= 11 is 0. The van der Waals surface area contributed by atoms with Crippen LogP contribution < -0.4 is 15.4 Å². The van der Waals surface area contributed by atoms with Crippen molar-refractivity contribution in [3.63, 3.8) is 0 Å². The number of ether oxygens (including phenoxy) is 3. The summed E-state index contributed by atoms with van der Waals surface area (Å²) < 4.78 is 16.9. The monoisotopic (exact) mass is 374 g/mol. The summed E-state index contributed by atoms with van der Waals surface area (Å²) in [5, 5.41) is 5.47. The Morgan fingerprint density at radius 2 is 2.11 bits per heavy atom. The van der Waals surface area contributed by atoms with Crippen molar-refractivity contribution in [2.24, 2.45) is 0 Å². The number of hydrogen-bond donors (Lipinski definition) is 2. The van der Waals surface area contributed by atoms with E-state index in [4.69, 9.17) is 14.2 Å². The summed E-state index contributed by atoms with van der Waals surface area (Å²) in [7, 11) is 0. The Morgan fingerprint density at radius 3 is 2.81 bits per heavy atom. The quantitative estimate of drug-likeness (QED) is 0.748. The van der Waals surface area contributed by atoms with E-state index in [1.165, 1.54) is 0 Å². The lowest BCUT2D eigenvalue weighted by Crippen LogP contribution is -2.45. The second-order valence-electron chi connectivity index (χ2n) is 7.01. The number of esters is 1. The molecule has 3 rings (SSSR count). The van der Waals surface area contributed by atoms with Crippen LogP contribution in [0.1, 0.15) is 45.2 Å². The van der Waals surface area contributed by atoms with E-state index in [1.807, 2.05) is 38.1 Å². The largest absolute Gasteiger partial charge is 0.491 e. The Labute approximate surface area is 159 Å². The summed E-state index contributed by atoms with van der Waals surface area (Å²) in [6, 6.07) is 6.36. The maximum atomic E-state index is 12.8. The summed E-state index contributed by atoms with van der Waals surface area (Å²) in [6.45, 7) is 6.45. The molecule has 0 saturated carbocycles. The van der Waals surface area contributed by atoms with Crippen LogP contribution in [0.3, 0.4) is 0 Å². The normalized spacial score (nSPS) is 22.4. The fourth-order valence-electron chi connectivity index (χ4n) is 3.30. The highest BCUT2D eigenvalue weighted by Gasteiger charge is 2.34. The van der Waals surface area contributed by atoms with Crippen LogP contribution >= 0.6 is 0 Å². The molecule has 7 heteroatoms. The van der Waals surface area contributed by atoms with E-state index in [-0.39, 0.29) is 24.8 Å². The molecule has 2 heterocycles. The number of hydrogen-bond acceptors (Lipinski definition) is 5. The summed E-state index contributed by atoms with van der Waals surface area (Å²) in [4.78, 5) is 24.9. The molecule has 2 aliphatic rings. The molecule has 7 nitrogen and oxygen atoms in total. The summed E-state index contributed by atoms with van der Waals surface area (Å²) in [5.74, 6) is 0.150. The number of nitrogens with one attached hydrogen (secondary N) is 2. The topological polar surface area (TPSA) is 85.9 Å². The van der Waals surface area contributed by atoms with Crippen molar-refractivity contribution in [1.82, 2.24) is 10.6 Å². The van der Waals surface area contributed by atoms with Crippen LogP contribution in [-0.2, 0) is 14.3 Å². The van der Waals surface area contributed by atoms with Gasteiger partial charge >= 0.3 is 12.0 Å². The first-order chi connectivity index (χ1) is 13.0. The zero-order valence-electron chi connectivity index (χ0n) is 15.9.